The second-order valence-corrected chi connectivity index (χ2v) is 7.75. The maximum atomic E-state index is 10.8. The van der Waals surface area contributed by atoms with Crippen LogP contribution in [0.1, 0.15) is 71.0 Å². The number of aliphatic hydroxyl groups is 1. The number of nitrogens with zero attached hydrogens (tertiary/aromatic N) is 3. The van der Waals surface area contributed by atoms with Crippen molar-refractivity contribution in [1.29, 1.82) is 0 Å². The molecular weight excluding hydrogens is 274 g/mol. The lowest BCUT2D eigenvalue weighted by atomic mass is 9.72. The molecule has 1 aromatic heterocycles. The standard InChI is InChI=1S/C18H31N3O/c1-14(2)21-15(9-11-19-21)13-20-12-6-8-17(20)16-7-4-5-10-18(16,3)22/h9,11,14,16-17,22H,4-8,10,12-13H2,1-3H3/t16-,17+,18-/m0/s1. The average molecular weight is 305 g/mol. The predicted molar refractivity (Wildman–Crippen MR) is 88.6 cm³/mol. The molecule has 1 aliphatic heterocycles. The van der Waals surface area contributed by atoms with Crippen molar-refractivity contribution in [1.82, 2.24) is 14.7 Å². The molecule has 1 aromatic rings. The van der Waals surface area contributed by atoms with Gasteiger partial charge in [-0.2, -0.15) is 5.10 Å². The third kappa shape index (κ3) is 3.09. The molecule has 1 saturated carbocycles. The molecule has 0 bridgehead atoms. The van der Waals surface area contributed by atoms with Gasteiger partial charge in [0.25, 0.3) is 0 Å². The van der Waals surface area contributed by atoms with Crippen molar-refractivity contribution in [3.63, 3.8) is 0 Å². The van der Waals surface area contributed by atoms with E-state index in [1.807, 2.05) is 6.20 Å². The van der Waals surface area contributed by atoms with E-state index in [4.69, 9.17) is 0 Å². The second kappa shape index (κ2) is 6.32. The summed E-state index contributed by atoms with van der Waals surface area (Å²) in [6.45, 7) is 8.55. The quantitative estimate of drug-likeness (QED) is 0.927. The molecule has 0 spiro atoms. The Morgan fingerprint density at radius 1 is 1.32 bits per heavy atom. The van der Waals surface area contributed by atoms with Crippen LogP contribution in [-0.2, 0) is 6.54 Å². The lowest BCUT2D eigenvalue weighted by Gasteiger charge is -2.43. The first kappa shape index (κ1) is 16.0. The van der Waals surface area contributed by atoms with Crippen LogP contribution in [0.15, 0.2) is 12.3 Å². The Balaban J connectivity index is 1.74. The normalized spacial score (nSPS) is 33.7. The van der Waals surface area contributed by atoms with Crippen molar-refractivity contribution in [2.75, 3.05) is 6.54 Å². The van der Waals surface area contributed by atoms with E-state index >= 15 is 0 Å². The van der Waals surface area contributed by atoms with Gasteiger partial charge < -0.3 is 5.11 Å². The number of rotatable bonds is 4. The predicted octanol–water partition coefficient (Wildman–Crippen LogP) is 3.37. The molecule has 0 radical (unpaired) electrons. The molecule has 1 N–H and O–H groups in total. The minimum absolute atomic E-state index is 0.406. The molecule has 22 heavy (non-hydrogen) atoms. The average Bonchev–Trinajstić information content (AvgIpc) is 3.08. The minimum Gasteiger partial charge on any atom is -0.390 e. The zero-order valence-electron chi connectivity index (χ0n) is 14.3. The summed E-state index contributed by atoms with van der Waals surface area (Å²) in [7, 11) is 0. The van der Waals surface area contributed by atoms with Gasteiger partial charge in [-0.3, -0.25) is 9.58 Å². The van der Waals surface area contributed by atoms with Crippen molar-refractivity contribution >= 4 is 0 Å². The van der Waals surface area contributed by atoms with E-state index in [0.717, 1.165) is 19.5 Å². The molecule has 3 rings (SSSR count). The summed E-state index contributed by atoms with van der Waals surface area (Å²) in [6, 6.07) is 3.09. The summed E-state index contributed by atoms with van der Waals surface area (Å²) in [5.41, 5.74) is 0.821. The Morgan fingerprint density at radius 3 is 2.86 bits per heavy atom. The lowest BCUT2D eigenvalue weighted by Crippen LogP contribution is -2.48. The topological polar surface area (TPSA) is 41.3 Å². The molecular formula is C18H31N3O. The highest BCUT2D eigenvalue weighted by molar-refractivity contribution is 5.04. The van der Waals surface area contributed by atoms with Gasteiger partial charge in [-0.25, -0.2) is 0 Å². The van der Waals surface area contributed by atoms with Gasteiger partial charge in [0.15, 0.2) is 0 Å². The van der Waals surface area contributed by atoms with Crippen molar-refractivity contribution in [3.05, 3.63) is 18.0 Å². The SMILES string of the molecule is CC(C)n1nccc1CN1CCC[C@@H]1[C@@H]1CCCC[C@]1(C)O. The van der Waals surface area contributed by atoms with Crippen LogP contribution in [0.5, 0.6) is 0 Å². The van der Waals surface area contributed by atoms with E-state index in [0.29, 0.717) is 18.0 Å². The second-order valence-electron chi connectivity index (χ2n) is 7.75. The molecule has 2 aliphatic rings. The zero-order chi connectivity index (χ0) is 15.7. The number of hydrogen-bond acceptors (Lipinski definition) is 3. The highest BCUT2D eigenvalue weighted by Gasteiger charge is 2.43. The van der Waals surface area contributed by atoms with Crippen LogP contribution in [0.25, 0.3) is 0 Å². The monoisotopic (exact) mass is 305 g/mol. The van der Waals surface area contributed by atoms with Crippen LogP contribution in [0.2, 0.25) is 0 Å². The van der Waals surface area contributed by atoms with Crippen molar-refractivity contribution < 1.29 is 5.11 Å². The Kier molecular flexibility index (Phi) is 4.60. The van der Waals surface area contributed by atoms with Gasteiger partial charge >= 0.3 is 0 Å². The van der Waals surface area contributed by atoms with Crippen LogP contribution in [0, 0.1) is 5.92 Å². The Bertz CT molecular complexity index is 494. The summed E-state index contributed by atoms with van der Waals surface area (Å²) in [4.78, 5) is 2.60. The van der Waals surface area contributed by atoms with Gasteiger partial charge in [-0.15, -0.1) is 0 Å². The number of likely N-dealkylation sites (tertiary alicyclic amines) is 1. The number of aromatic nitrogens is 2. The van der Waals surface area contributed by atoms with Gasteiger partial charge in [-0.05, 0) is 59.1 Å². The Morgan fingerprint density at radius 2 is 2.14 bits per heavy atom. The van der Waals surface area contributed by atoms with Crippen molar-refractivity contribution in [2.45, 2.75) is 83.5 Å². The van der Waals surface area contributed by atoms with E-state index in [1.165, 1.54) is 37.8 Å². The molecule has 2 heterocycles. The highest BCUT2D eigenvalue weighted by Crippen LogP contribution is 2.41. The summed E-state index contributed by atoms with van der Waals surface area (Å²) in [6.07, 6.45) is 9.00. The maximum Gasteiger partial charge on any atom is 0.0662 e. The van der Waals surface area contributed by atoms with E-state index in [9.17, 15) is 5.11 Å². The summed E-state index contributed by atoms with van der Waals surface area (Å²) >= 11 is 0. The largest absolute Gasteiger partial charge is 0.390 e. The number of hydrogen-bond donors (Lipinski definition) is 1. The van der Waals surface area contributed by atoms with Crippen LogP contribution >= 0.6 is 0 Å². The van der Waals surface area contributed by atoms with E-state index in [1.54, 1.807) is 0 Å². The minimum atomic E-state index is -0.482. The first-order valence-corrected chi connectivity index (χ1v) is 8.98. The fraction of sp³-hybridized carbons (Fsp3) is 0.833. The summed E-state index contributed by atoms with van der Waals surface area (Å²) in [5.74, 6) is 0.430. The zero-order valence-corrected chi connectivity index (χ0v) is 14.3. The van der Waals surface area contributed by atoms with Crippen LogP contribution in [0.4, 0.5) is 0 Å². The van der Waals surface area contributed by atoms with Crippen molar-refractivity contribution in [2.24, 2.45) is 5.92 Å². The summed E-state index contributed by atoms with van der Waals surface area (Å²) in [5, 5.41) is 15.3. The smallest absolute Gasteiger partial charge is 0.0662 e. The third-order valence-corrected chi connectivity index (χ3v) is 5.73. The Labute approximate surface area is 134 Å². The molecule has 0 amide bonds. The van der Waals surface area contributed by atoms with E-state index in [2.05, 4.69) is 41.5 Å². The van der Waals surface area contributed by atoms with Gasteiger partial charge in [0, 0.05) is 30.7 Å². The fourth-order valence-electron chi connectivity index (χ4n) is 4.59. The molecule has 4 nitrogen and oxygen atoms in total. The van der Waals surface area contributed by atoms with Gasteiger partial charge in [0.2, 0.25) is 0 Å². The molecule has 1 saturated heterocycles. The van der Waals surface area contributed by atoms with E-state index < -0.39 is 5.60 Å². The van der Waals surface area contributed by atoms with Crippen LogP contribution < -0.4 is 0 Å². The van der Waals surface area contributed by atoms with Crippen molar-refractivity contribution in [3.8, 4) is 0 Å². The van der Waals surface area contributed by atoms with Crippen LogP contribution in [0.3, 0.4) is 0 Å². The fourth-order valence-corrected chi connectivity index (χ4v) is 4.59. The lowest BCUT2D eigenvalue weighted by molar-refractivity contribution is -0.0631. The molecule has 0 unspecified atom stereocenters. The van der Waals surface area contributed by atoms with Gasteiger partial charge in [-0.1, -0.05) is 12.8 Å². The van der Waals surface area contributed by atoms with Gasteiger partial charge in [0.1, 0.15) is 0 Å². The highest BCUT2D eigenvalue weighted by atomic mass is 16.3. The molecule has 1 aliphatic carbocycles. The third-order valence-electron chi connectivity index (χ3n) is 5.73. The first-order chi connectivity index (χ1) is 10.5. The van der Waals surface area contributed by atoms with Crippen LogP contribution in [-0.4, -0.2) is 38.0 Å². The molecule has 0 aromatic carbocycles. The van der Waals surface area contributed by atoms with Gasteiger partial charge in [0.05, 0.1) is 11.3 Å². The molecule has 124 valence electrons. The molecule has 3 atom stereocenters. The summed E-state index contributed by atoms with van der Waals surface area (Å²) < 4.78 is 2.13. The maximum absolute atomic E-state index is 10.8. The first-order valence-electron chi connectivity index (χ1n) is 8.98. The Hall–Kier alpha value is -0.870. The molecule has 4 heteroatoms. The van der Waals surface area contributed by atoms with E-state index in [-0.39, 0.29) is 0 Å². The molecule has 2 fully saturated rings.